The van der Waals surface area contributed by atoms with E-state index in [1.54, 1.807) is 12.0 Å². The molecule has 1 aromatic rings. The first kappa shape index (κ1) is 19.7. The molecule has 1 amide bonds. The Morgan fingerprint density at radius 2 is 1.72 bits per heavy atom. The summed E-state index contributed by atoms with van der Waals surface area (Å²) in [5.41, 5.74) is 2.64. The molecule has 7 heteroatoms. The summed E-state index contributed by atoms with van der Waals surface area (Å²) in [5, 5.41) is 0. The molecular formula is C18H28N2O4S. The summed E-state index contributed by atoms with van der Waals surface area (Å²) >= 11 is 0. The topological polar surface area (TPSA) is 66.9 Å². The second-order valence-electron chi connectivity index (χ2n) is 6.50. The zero-order valence-corrected chi connectivity index (χ0v) is 16.4. The van der Waals surface area contributed by atoms with Crippen LogP contribution in [-0.4, -0.2) is 62.6 Å². The molecule has 0 radical (unpaired) electrons. The van der Waals surface area contributed by atoms with Gasteiger partial charge < -0.3 is 9.64 Å². The highest BCUT2D eigenvalue weighted by Crippen LogP contribution is 2.25. The van der Waals surface area contributed by atoms with Gasteiger partial charge in [-0.1, -0.05) is 13.3 Å². The number of rotatable bonds is 6. The van der Waals surface area contributed by atoms with Gasteiger partial charge in [0.2, 0.25) is 10.0 Å². The standard InChI is InChI=1S/C18H28N2O4S/c1-5-6-11-25(22,23)20-9-7-19(8-10-20)18(21)16-12-14(2)15(3)13-17(16)24-4/h12-13H,5-11H2,1-4H3. The summed E-state index contributed by atoms with van der Waals surface area (Å²) in [7, 11) is -1.66. The largest absolute Gasteiger partial charge is 0.496 e. The van der Waals surface area contributed by atoms with Crippen LogP contribution in [-0.2, 0) is 10.0 Å². The molecule has 1 aromatic carbocycles. The predicted molar refractivity (Wildman–Crippen MR) is 98.6 cm³/mol. The Morgan fingerprint density at radius 1 is 1.12 bits per heavy atom. The number of methoxy groups -OCH3 is 1. The van der Waals surface area contributed by atoms with Crippen LogP contribution in [0.2, 0.25) is 0 Å². The van der Waals surface area contributed by atoms with Gasteiger partial charge in [-0.3, -0.25) is 4.79 Å². The smallest absolute Gasteiger partial charge is 0.257 e. The van der Waals surface area contributed by atoms with E-state index in [9.17, 15) is 13.2 Å². The number of nitrogens with zero attached hydrogens (tertiary/aromatic N) is 2. The number of carbonyl (C=O) groups excluding carboxylic acids is 1. The van der Waals surface area contributed by atoms with Crippen LogP contribution < -0.4 is 4.74 Å². The van der Waals surface area contributed by atoms with Crippen molar-refractivity contribution >= 4 is 15.9 Å². The van der Waals surface area contributed by atoms with Crippen LogP contribution in [0.3, 0.4) is 0 Å². The maximum atomic E-state index is 12.8. The first-order valence-corrected chi connectivity index (χ1v) is 10.3. The van der Waals surface area contributed by atoms with Gasteiger partial charge in [-0.2, -0.15) is 4.31 Å². The normalized spacial score (nSPS) is 16.1. The predicted octanol–water partition coefficient (Wildman–Crippen LogP) is 2.20. The summed E-state index contributed by atoms with van der Waals surface area (Å²) in [4.78, 5) is 14.6. The van der Waals surface area contributed by atoms with Crippen molar-refractivity contribution in [2.24, 2.45) is 0 Å². The average molecular weight is 368 g/mol. The number of carbonyl (C=O) groups is 1. The SMILES string of the molecule is CCCCS(=O)(=O)N1CCN(C(=O)c2cc(C)c(C)cc2OC)CC1. The molecule has 1 heterocycles. The Labute approximate surface area is 150 Å². The Hall–Kier alpha value is -1.60. The molecule has 0 unspecified atom stereocenters. The molecule has 0 N–H and O–H groups in total. The molecule has 0 atom stereocenters. The fraction of sp³-hybridized carbons (Fsp3) is 0.611. The van der Waals surface area contributed by atoms with Gasteiger partial charge in [0, 0.05) is 26.2 Å². The van der Waals surface area contributed by atoms with Gasteiger partial charge in [0.1, 0.15) is 5.75 Å². The first-order valence-electron chi connectivity index (χ1n) is 8.72. The molecule has 6 nitrogen and oxygen atoms in total. The number of benzene rings is 1. The Balaban J connectivity index is 2.08. The van der Waals surface area contributed by atoms with Gasteiger partial charge in [-0.25, -0.2) is 8.42 Å². The van der Waals surface area contributed by atoms with Crippen LogP contribution in [0.4, 0.5) is 0 Å². The van der Waals surface area contributed by atoms with Gasteiger partial charge >= 0.3 is 0 Å². The van der Waals surface area contributed by atoms with Crippen molar-refractivity contribution in [1.29, 1.82) is 0 Å². The summed E-state index contributed by atoms with van der Waals surface area (Å²) < 4.78 is 31.4. The molecule has 1 fully saturated rings. The monoisotopic (exact) mass is 368 g/mol. The number of piperazine rings is 1. The molecule has 1 aliphatic rings. The highest BCUT2D eigenvalue weighted by molar-refractivity contribution is 7.89. The molecule has 140 valence electrons. The minimum atomic E-state index is -3.21. The maximum absolute atomic E-state index is 12.8. The third-order valence-electron chi connectivity index (χ3n) is 4.72. The van der Waals surface area contributed by atoms with E-state index in [2.05, 4.69) is 0 Å². The highest BCUT2D eigenvalue weighted by atomic mass is 32.2. The number of hydrogen-bond acceptors (Lipinski definition) is 4. The lowest BCUT2D eigenvalue weighted by Gasteiger charge is -2.34. The lowest BCUT2D eigenvalue weighted by Crippen LogP contribution is -2.51. The molecular weight excluding hydrogens is 340 g/mol. The van der Waals surface area contributed by atoms with Crippen molar-refractivity contribution in [3.05, 3.63) is 28.8 Å². The highest BCUT2D eigenvalue weighted by Gasteiger charge is 2.29. The van der Waals surface area contributed by atoms with E-state index >= 15 is 0 Å². The summed E-state index contributed by atoms with van der Waals surface area (Å²) in [6.07, 6.45) is 1.52. The second kappa shape index (κ2) is 8.19. The van der Waals surface area contributed by atoms with E-state index in [0.29, 0.717) is 43.9 Å². The number of aryl methyl sites for hydroxylation is 2. The molecule has 2 rings (SSSR count). The van der Waals surface area contributed by atoms with Crippen LogP contribution in [0.1, 0.15) is 41.3 Å². The van der Waals surface area contributed by atoms with E-state index in [1.165, 1.54) is 4.31 Å². The number of sulfonamides is 1. The Bertz CT molecular complexity index is 723. The van der Waals surface area contributed by atoms with Crippen LogP contribution in [0.5, 0.6) is 5.75 Å². The van der Waals surface area contributed by atoms with Crippen molar-refractivity contribution in [2.45, 2.75) is 33.6 Å². The number of amides is 1. The lowest BCUT2D eigenvalue weighted by atomic mass is 10.0. The molecule has 0 aliphatic carbocycles. The zero-order valence-electron chi connectivity index (χ0n) is 15.5. The molecule has 1 aliphatic heterocycles. The van der Waals surface area contributed by atoms with Crippen molar-refractivity contribution < 1.29 is 17.9 Å². The van der Waals surface area contributed by atoms with Gasteiger partial charge in [-0.15, -0.1) is 0 Å². The molecule has 0 aromatic heterocycles. The Morgan fingerprint density at radius 3 is 2.28 bits per heavy atom. The van der Waals surface area contributed by atoms with E-state index in [4.69, 9.17) is 4.74 Å². The van der Waals surface area contributed by atoms with E-state index in [-0.39, 0.29) is 11.7 Å². The molecule has 25 heavy (non-hydrogen) atoms. The van der Waals surface area contributed by atoms with Crippen molar-refractivity contribution in [3.8, 4) is 5.75 Å². The van der Waals surface area contributed by atoms with Gasteiger partial charge in [0.15, 0.2) is 0 Å². The minimum Gasteiger partial charge on any atom is -0.496 e. The first-order chi connectivity index (χ1) is 11.8. The maximum Gasteiger partial charge on any atom is 0.257 e. The molecule has 0 saturated carbocycles. The summed E-state index contributed by atoms with van der Waals surface area (Å²) in [6.45, 7) is 7.43. The fourth-order valence-electron chi connectivity index (χ4n) is 2.92. The molecule has 0 spiro atoms. The number of hydrogen-bond donors (Lipinski definition) is 0. The van der Waals surface area contributed by atoms with Crippen LogP contribution in [0.15, 0.2) is 12.1 Å². The third kappa shape index (κ3) is 4.52. The molecule has 0 bridgehead atoms. The molecule has 1 saturated heterocycles. The zero-order chi connectivity index (χ0) is 18.6. The van der Waals surface area contributed by atoms with Crippen molar-refractivity contribution in [2.75, 3.05) is 39.0 Å². The summed E-state index contributed by atoms with van der Waals surface area (Å²) in [5.74, 6) is 0.638. The van der Waals surface area contributed by atoms with Gasteiger partial charge in [0.05, 0.1) is 18.4 Å². The number of ether oxygens (including phenoxy) is 1. The minimum absolute atomic E-state index is 0.106. The quantitative estimate of drug-likeness (QED) is 0.772. The van der Waals surface area contributed by atoms with E-state index in [0.717, 1.165) is 17.5 Å². The van der Waals surface area contributed by atoms with Crippen LogP contribution in [0, 0.1) is 13.8 Å². The summed E-state index contributed by atoms with van der Waals surface area (Å²) in [6, 6.07) is 3.72. The van der Waals surface area contributed by atoms with Gasteiger partial charge in [0.25, 0.3) is 5.91 Å². The third-order valence-corrected chi connectivity index (χ3v) is 6.68. The van der Waals surface area contributed by atoms with Gasteiger partial charge in [-0.05, 0) is 43.5 Å². The van der Waals surface area contributed by atoms with E-state index < -0.39 is 10.0 Å². The Kier molecular flexibility index (Phi) is 6.46. The second-order valence-corrected chi connectivity index (χ2v) is 8.59. The fourth-order valence-corrected chi connectivity index (χ4v) is 4.55. The van der Waals surface area contributed by atoms with E-state index in [1.807, 2.05) is 32.9 Å². The van der Waals surface area contributed by atoms with Crippen LogP contribution >= 0.6 is 0 Å². The lowest BCUT2D eigenvalue weighted by molar-refractivity contribution is 0.0694. The van der Waals surface area contributed by atoms with Crippen molar-refractivity contribution in [3.63, 3.8) is 0 Å². The average Bonchev–Trinajstić information content (AvgIpc) is 2.61. The van der Waals surface area contributed by atoms with Crippen LogP contribution in [0.25, 0.3) is 0 Å². The van der Waals surface area contributed by atoms with Crippen molar-refractivity contribution in [1.82, 2.24) is 9.21 Å². The number of unbranched alkanes of at least 4 members (excludes halogenated alkanes) is 1.